The first-order chi connectivity index (χ1) is 28.1. The number of hydrogen-bond donors (Lipinski definition) is 6. The van der Waals surface area contributed by atoms with Crippen LogP contribution in [0.3, 0.4) is 0 Å². The molecule has 12 nitrogen and oxygen atoms in total. The maximum absolute atomic E-state index is 7.88. The van der Waals surface area contributed by atoms with E-state index in [-0.39, 0.29) is 54.1 Å². The molecule has 0 radical (unpaired) electrons. The number of benzene rings is 4. The van der Waals surface area contributed by atoms with Crippen LogP contribution in [0.5, 0.6) is 0 Å². The van der Waals surface area contributed by atoms with Gasteiger partial charge in [-0.25, -0.2) is 0 Å². The summed E-state index contributed by atoms with van der Waals surface area (Å²) in [6, 6.07) is 31.4. The minimum atomic E-state index is 0. The molecule has 4 aromatic rings. The molecule has 15 heteroatoms. The monoisotopic (exact) mass is 942 g/mol. The minimum absolute atomic E-state index is 0. The number of rotatable bonds is 4. The SMILES string of the molecule is CC1=CC(=C(c2ccc(N)cc2)c2ccc(N)cc2)C=CC1=N.CC1=CC(=C(c2ccc(N)cc2)c2ccc(N)cc2)C=CC1=N.[C-]#N.[C-]#N.[C-]#N.[C-]#N.[C-]#N.[C-]#N.[Cu+].[Cu+].[Fe].[H+].[H+]. The summed E-state index contributed by atoms with van der Waals surface area (Å²) >= 11 is 0. The molecule has 0 saturated carbocycles. The van der Waals surface area contributed by atoms with Crippen LogP contribution in [0.1, 0.15) is 39.0 Å². The second-order valence-corrected chi connectivity index (χ2v) is 11.3. The van der Waals surface area contributed by atoms with Gasteiger partial charge in [-0.2, -0.15) is 0 Å². The van der Waals surface area contributed by atoms with Crippen molar-refractivity contribution >= 4 is 45.3 Å². The normalized spacial score (nSPS) is 10.7. The molecule has 0 aliphatic heterocycles. The van der Waals surface area contributed by atoms with Crippen molar-refractivity contribution < 1.29 is 54.1 Å². The van der Waals surface area contributed by atoms with E-state index in [1.165, 1.54) is 0 Å². The molecule has 0 saturated heterocycles. The first kappa shape index (κ1) is 62.6. The first-order valence-electron chi connectivity index (χ1n) is 16.3. The smallest absolute Gasteiger partial charge is 0.512 e. The van der Waals surface area contributed by atoms with Crippen LogP contribution in [-0.2, 0) is 51.2 Å². The molecular weight excluding hydrogens is 904 g/mol. The molecule has 0 aromatic heterocycles. The van der Waals surface area contributed by atoms with Crippen LogP contribution in [0.2, 0.25) is 0 Å². The number of nitrogens with two attached hydrogens (primary N) is 4. The minimum Gasteiger partial charge on any atom is -0.512 e. The van der Waals surface area contributed by atoms with Crippen LogP contribution in [0, 0.1) is 81.8 Å². The second kappa shape index (κ2) is 35.5. The molecule has 2 aliphatic rings. The van der Waals surface area contributed by atoms with E-state index in [2.05, 4.69) is 0 Å². The van der Waals surface area contributed by atoms with E-state index in [4.69, 9.17) is 105 Å². The van der Waals surface area contributed by atoms with Gasteiger partial charge in [-0.15, -0.1) is 0 Å². The van der Waals surface area contributed by atoms with Gasteiger partial charge in [0.1, 0.15) is 0 Å². The van der Waals surface area contributed by atoms with E-state index >= 15 is 0 Å². The molecule has 0 heterocycles. The summed E-state index contributed by atoms with van der Waals surface area (Å²) in [6.07, 6.45) is 11.7. The molecule has 61 heavy (non-hydrogen) atoms. The molecule has 0 atom stereocenters. The predicted molar refractivity (Wildman–Crippen MR) is 229 cm³/mol. The molecule has 0 spiro atoms. The fourth-order valence-corrected chi connectivity index (χ4v) is 5.24. The zero-order valence-electron chi connectivity index (χ0n) is 34.7. The van der Waals surface area contributed by atoms with Crippen LogP contribution in [0.4, 0.5) is 22.7 Å². The molecule has 316 valence electrons. The Kier molecular flexibility index (Phi) is 36.4. The molecule has 6 rings (SSSR count). The third-order valence-corrected chi connectivity index (χ3v) is 7.83. The van der Waals surface area contributed by atoms with E-state index in [9.17, 15) is 0 Å². The molecule has 4 aromatic carbocycles. The van der Waals surface area contributed by atoms with Crippen molar-refractivity contribution in [2.24, 2.45) is 0 Å². The molecule has 0 bridgehead atoms. The second-order valence-electron chi connectivity index (χ2n) is 11.3. The predicted octanol–water partition coefficient (Wildman–Crippen LogP) is 9.17. The van der Waals surface area contributed by atoms with Crippen molar-refractivity contribution in [3.8, 4) is 0 Å². The van der Waals surface area contributed by atoms with Gasteiger partial charge in [0.2, 0.25) is 0 Å². The van der Waals surface area contributed by atoms with Gasteiger partial charge in [0, 0.05) is 39.8 Å². The summed E-state index contributed by atoms with van der Waals surface area (Å²) in [6.45, 7) is 32.4. The van der Waals surface area contributed by atoms with E-state index in [1.807, 2.05) is 147 Å². The van der Waals surface area contributed by atoms with Crippen molar-refractivity contribution in [3.63, 3.8) is 0 Å². The molecule has 10 N–H and O–H groups in total. The van der Waals surface area contributed by atoms with Gasteiger partial charge in [-0.05, 0) is 142 Å². The largest absolute Gasteiger partial charge is 1.00 e. The fourth-order valence-electron chi connectivity index (χ4n) is 5.24. The first-order valence-corrected chi connectivity index (χ1v) is 16.3. The number of allylic oxidation sites excluding steroid dienone is 10. The Bertz CT molecular complexity index is 2010. The van der Waals surface area contributed by atoms with Gasteiger partial charge in [-0.3, -0.25) is 0 Å². The Morgan fingerprint density at radius 2 is 0.574 bits per heavy atom. The van der Waals surface area contributed by atoms with Crippen LogP contribution in [0.15, 0.2) is 156 Å². The van der Waals surface area contributed by atoms with Crippen LogP contribution in [0.25, 0.3) is 11.1 Å². The van der Waals surface area contributed by atoms with Crippen LogP contribution >= 0.6 is 0 Å². The Morgan fingerprint density at radius 1 is 0.393 bits per heavy atom. The summed E-state index contributed by atoms with van der Waals surface area (Å²) < 4.78 is 0. The summed E-state index contributed by atoms with van der Waals surface area (Å²) in [5.74, 6) is 0. The average molecular weight is 944 g/mol. The Hall–Kier alpha value is -7.64. The Morgan fingerprint density at radius 3 is 0.738 bits per heavy atom. The zero-order chi connectivity index (χ0) is 44.8. The third kappa shape index (κ3) is 19.6. The molecule has 2 aliphatic carbocycles. The summed E-state index contributed by atoms with van der Waals surface area (Å²) in [5.41, 5.74) is 37.9. The topological polar surface area (TPSA) is 295 Å². The standard InChI is InChI=1S/2C20H19N3.6CN.2Cu.Fe/c2*1-13-12-16(6-11-19(13)23)20(14-2-7-17(21)8-3-14)15-4-9-18(22)10-5-15;6*1-2;;;/h2*2-12,23H,21-22H2,1H3;;;;;;;;;/q;;6*-1;2*+1;/p+2. The third-order valence-electron chi connectivity index (χ3n) is 7.83. The van der Waals surface area contributed by atoms with Crippen molar-refractivity contribution in [2.45, 2.75) is 13.8 Å². The fraction of sp³-hybridized carbons (Fsp3) is 0.0435. The quantitative estimate of drug-likeness (QED) is 0.0640. The van der Waals surface area contributed by atoms with Crippen molar-refractivity contribution in [1.82, 2.24) is 0 Å². The van der Waals surface area contributed by atoms with E-state index < -0.39 is 0 Å². The van der Waals surface area contributed by atoms with Gasteiger partial charge in [0.15, 0.2) is 0 Å². The van der Waals surface area contributed by atoms with Crippen LogP contribution in [-0.4, -0.2) is 11.4 Å². The van der Waals surface area contributed by atoms with Crippen LogP contribution < -0.4 is 22.9 Å². The number of nitrogens with zero attached hydrogens (tertiary/aromatic N) is 6. The molecule has 0 amide bonds. The zero-order valence-corrected chi connectivity index (χ0v) is 35.6. The number of nitrogen functional groups attached to an aromatic ring is 4. The Labute approximate surface area is 393 Å². The van der Waals surface area contributed by atoms with Crippen molar-refractivity contribution in [3.05, 3.63) is 217 Å². The van der Waals surface area contributed by atoms with E-state index in [0.29, 0.717) is 11.4 Å². The maximum atomic E-state index is 7.88. The van der Waals surface area contributed by atoms with Gasteiger partial charge >= 0.3 is 37.0 Å². The summed E-state index contributed by atoms with van der Waals surface area (Å²) in [5, 5.41) is 53.3. The van der Waals surface area contributed by atoms with Gasteiger partial charge in [-0.1, -0.05) is 60.7 Å². The molecular formula is C46H40Cu2FeN12-2. The van der Waals surface area contributed by atoms with Gasteiger partial charge in [0.05, 0.1) is 11.4 Å². The van der Waals surface area contributed by atoms with Gasteiger partial charge < -0.3 is 105 Å². The summed E-state index contributed by atoms with van der Waals surface area (Å²) in [4.78, 5) is 0. The molecule has 0 fully saturated rings. The summed E-state index contributed by atoms with van der Waals surface area (Å²) in [7, 11) is 0. The van der Waals surface area contributed by atoms with E-state index in [0.717, 1.165) is 78.4 Å². The van der Waals surface area contributed by atoms with Crippen molar-refractivity contribution in [1.29, 1.82) is 42.4 Å². The molecule has 0 unspecified atom stereocenters. The number of anilines is 4. The average Bonchev–Trinajstić information content (AvgIpc) is 3.28. The maximum Gasteiger partial charge on any atom is 1.00 e. The Balaban J connectivity index is -0.000000151. The number of nitrogens with one attached hydrogen (secondary N) is 2. The van der Waals surface area contributed by atoms with Gasteiger partial charge in [0.25, 0.3) is 0 Å². The number of hydrogen-bond acceptors (Lipinski definition) is 12. The van der Waals surface area contributed by atoms with E-state index in [1.54, 1.807) is 0 Å². The van der Waals surface area contributed by atoms with Crippen molar-refractivity contribution in [2.75, 3.05) is 22.9 Å².